The standard InChI is InChI=1S/C23H21NO5/c1-28-23(27)24-21(17-6-3-2-4-7-17)19-8-5-9-20(14-19)29-15-16-10-12-18(13-11-16)22(25)26/h2-14,21H,15H2,1H3,(H,24,27)(H,25,26). The van der Waals surface area contributed by atoms with Gasteiger partial charge in [0.1, 0.15) is 12.4 Å². The minimum atomic E-state index is -0.963. The predicted molar refractivity (Wildman–Crippen MR) is 108 cm³/mol. The molecule has 0 heterocycles. The number of amides is 1. The Balaban J connectivity index is 1.77. The molecule has 0 radical (unpaired) electrons. The Bertz CT molecular complexity index is 970. The lowest BCUT2D eigenvalue weighted by atomic mass is 9.98. The van der Waals surface area contributed by atoms with Crippen molar-refractivity contribution >= 4 is 12.1 Å². The molecule has 0 fully saturated rings. The Hall–Kier alpha value is -3.80. The molecule has 0 aromatic heterocycles. The molecule has 0 aliphatic heterocycles. The number of benzene rings is 3. The molecule has 0 bridgehead atoms. The molecule has 29 heavy (non-hydrogen) atoms. The Morgan fingerprint density at radius 2 is 1.62 bits per heavy atom. The number of carboxylic acid groups (broad SMARTS) is 1. The van der Waals surface area contributed by atoms with Gasteiger partial charge in [0, 0.05) is 0 Å². The quantitative estimate of drug-likeness (QED) is 0.623. The van der Waals surface area contributed by atoms with Crippen molar-refractivity contribution in [2.75, 3.05) is 7.11 Å². The lowest BCUT2D eigenvalue weighted by molar-refractivity contribution is 0.0696. The highest BCUT2D eigenvalue weighted by Crippen LogP contribution is 2.26. The van der Waals surface area contributed by atoms with Crippen LogP contribution < -0.4 is 10.1 Å². The highest BCUT2D eigenvalue weighted by Gasteiger charge is 2.17. The molecule has 148 valence electrons. The second-order valence-electron chi connectivity index (χ2n) is 6.34. The SMILES string of the molecule is COC(=O)NC(c1ccccc1)c1cccc(OCc2ccc(C(=O)O)cc2)c1. The lowest BCUT2D eigenvalue weighted by Crippen LogP contribution is -2.29. The number of ether oxygens (including phenoxy) is 2. The van der Waals surface area contributed by atoms with Crippen molar-refractivity contribution in [2.45, 2.75) is 12.6 Å². The van der Waals surface area contributed by atoms with Gasteiger partial charge in [0.05, 0.1) is 18.7 Å². The highest BCUT2D eigenvalue weighted by atomic mass is 16.5. The fourth-order valence-corrected chi connectivity index (χ4v) is 2.88. The molecule has 6 nitrogen and oxygen atoms in total. The first-order valence-corrected chi connectivity index (χ1v) is 9.01. The smallest absolute Gasteiger partial charge is 0.407 e. The van der Waals surface area contributed by atoms with E-state index in [1.54, 1.807) is 24.3 Å². The van der Waals surface area contributed by atoms with E-state index in [1.807, 2.05) is 54.6 Å². The number of methoxy groups -OCH3 is 1. The Morgan fingerprint density at radius 1 is 0.931 bits per heavy atom. The molecule has 2 N–H and O–H groups in total. The first kappa shape index (κ1) is 19.9. The van der Waals surface area contributed by atoms with Crippen LogP contribution >= 0.6 is 0 Å². The number of alkyl carbamates (subject to hydrolysis) is 1. The van der Waals surface area contributed by atoms with Crippen molar-refractivity contribution in [3.63, 3.8) is 0 Å². The highest BCUT2D eigenvalue weighted by molar-refractivity contribution is 5.87. The summed E-state index contributed by atoms with van der Waals surface area (Å²) in [6.07, 6.45) is -0.524. The van der Waals surface area contributed by atoms with Gasteiger partial charge in [0.25, 0.3) is 0 Å². The van der Waals surface area contributed by atoms with Crippen LogP contribution in [0, 0.1) is 0 Å². The van der Waals surface area contributed by atoms with Gasteiger partial charge in [-0.3, -0.25) is 0 Å². The average Bonchev–Trinajstić information content (AvgIpc) is 2.77. The van der Waals surface area contributed by atoms with E-state index in [0.717, 1.165) is 16.7 Å². The van der Waals surface area contributed by atoms with E-state index in [1.165, 1.54) is 7.11 Å². The summed E-state index contributed by atoms with van der Waals surface area (Å²) in [6.45, 7) is 0.295. The number of carboxylic acids is 1. The molecule has 0 saturated carbocycles. The van der Waals surface area contributed by atoms with Crippen molar-refractivity contribution in [3.05, 3.63) is 101 Å². The summed E-state index contributed by atoms with van der Waals surface area (Å²) in [5.74, 6) is -0.326. The second kappa shape index (κ2) is 9.41. The molecule has 0 aliphatic carbocycles. The molecule has 1 unspecified atom stereocenters. The van der Waals surface area contributed by atoms with Gasteiger partial charge < -0.3 is 19.9 Å². The van der Waals surface area contributed by atoms with Gasteiger partial charge in [-0.2, -0.15) is 0 Å². The van der Waals surface area contributed by atoms with E-state index < -0.39 is 12.1 Å². The Kier molecular flexibility index (Phi) is 6.47. The molecule has 3 aromatic carbocycles. The van der Waals surface area contributed by atoms with Crippen LogP contribution in [0.5, 0.6) is 5.75 Å². The normalized spacial score (nSPS) is 11.3. The molecule has 0 saturated heterocycles. The summed E-state index contributed by atoms with van der Waals surface area (Å²) in [6, 6.07) is 23.2. The molecular weight excluding hydrogens is 370 g/mol. The molecule has 1 amide bonds. The fourth-order valence-electron chi connectivity index (χ4n) is 2.88. The van der Waals surface area contributed by atoms with E-state index in [2.05, 4.69) is 5.32 Å². The third-order valence-electron chi connectivity index (χ3n) is 4.38. The van der Waals surface area contributed by atoms with E-state index >= 15 is 0 Å². The summed E-state index contributed by atoms with van der Waals surface area (Å²) >= 11 is 0. The van der Waals surface area contributed by atoms with Crippen molar-refractivity contribution in [3.8, 4) is 5.75 Å². The fraction of sp³-hybridized carbons (Fsp3) is 0.130. The van der Waals surface area contributed by atoms with Gasteiger partial charge in [-0.1, -0.05) is 54.6 Å². The largest absolute Gasteiger partial charge is 0.489 e. The van der Waals surface area contributed by atoms with Crippen molar-refractivity contribution in [2.24, 2.45) is 0 Å². The first-order chi connectivity index (χ1) is 14.1. The molecule has 0 spiro atoms. The van der Waals surface area contributed by atoms with Gasteiger partial charge >= 0.3 is 12.1 Å². The van der Waals surface area contributed by atoms with Gasteiger partial charge in [0.15, 0.2) is 0 Å². The lowest BCUT2D eigenvalue weighted by Gasteiger charge is -2.20. The van der Waals surface area contributed by atoms with Crippen LogP contribution in [0.15, 0.2) is 78.9 Å². The van der Waals surface area contributed by atoms with Crippen molar-refractivity contribution < 1.29 is 24.2 Å². The summed E-state index contributed by atoms with van der Waals surface area (Å²) < 4.78 is 10.6. The monoisotopic (exact) mass is 391 g/mol. The van der Waals surface area contributed by atoms with E-state index in [0.29, 0.717) is 12.4 Å². The van der Waals surface area contributed by atoms with Crippen molar-refractivity contribution in [1.82, 2.24) is 5.32 Å². The van der Waals surface area contributed by atoms with Crippen molar-refractivity contribution in [1.29, 1.82) is 0 Å². The van der Waals surface area contributed by atoms with Crippen LogP contribution in [0.1, 0.15) is 33.1 Å². The molecule has 3 rings (SSSR count). The number of nitrogens with one attached hydrogen (secondary N) is 1. The number of rotatable bonds is 7. The van der Waals surface area contributed by atoms with Crippen LogP contribution in [0.2, 0.25) is 0 Å². The van der Waals surface area contributed by atoms with Crippen LogP contribution in [0.3, 0.4) is 0 Å². The number of hydrogen-bond acceptors (Lipinski definition) is 4. The third kappa shape index (κ3) is 5.35. The Labute approximate surface area is 168 Å². The summed E-state index contributed by atoms with van der Waals surface area (Å²) in [4.78, 5) is 22.8. The molecule has 6 heteroatoms. The number of carbonyl (C=O) groups excluding carboxylic acids is 1. The number of aromatic carboxylic acids is 1. The maximum absolute atomic E-state index is 11.8. The summed E-state index contributed by atoms with van der Waals surface area (Å²) in [5, 5.41) is 11.8. The molecule has 3 aromatic rings. The third-order valence-corrected chi connectivity index (χ3v) is 4.38. The minimum absolute atomic E-state index is 0.232. The maximum Gasteiger partial charge on any atom is 0.407 e. The predicted octanol–water partition coefficient (Wildman–Crippen LogP) is 4.41. The zero-order chi connectivity index (χ0) is 20.6. The van der Waals surface area contributed by atoms with E-state index in [9.17, 15) is 9.59 Å². The van der Waals surface area contributed by atoms with Crippen LogP contribution in [-0.4, -0.2) is 24.3 Å². The Morgan fingerprint density at radius 3 is 2.28 bits per heavy atom. The zero-order valence-corrected chi connectivity index (χ0v) is 15.9. The first-order valence-electron chi connectivity index (χ1n) is 9.01. The number of hydrogen-bond donors (Lipinski definition) is 2. The van der Waals surface area contributed by atoms with Gasteiger partial charge in [0.2, 0.25) is 0 Å². The number of carbonyl (C=O) groups is 2. The molecular formula is C23H21NO5. The molecule has 0 aliphatic rings. The van der Waals surface area contributed by atoms with E-state index in [-0.39, 0.29) is 11.6 Å². The topological polar surface area (TPSA) is 84.9 Å². The van der Waals surface area contributed by atoms with Crippen LogP contribution in [0.4, 0.5) is 4.79 Å². The molecule has 1 atom stereocenters. The maximum atomic E-state index is 11.8. The summed E-state index contributed by atoms with van der Waals surface area (Å²) in [7, 11) is 1.33. The van der Waals surface area contributed by atoms with Gasteiger partial charge in [-0.25, -0.2) is 9.59 Å². The van der Waals surface area contributed by atoms with Gasteiger partial charge in [-0.15, -0.1) is 0 Å². The average molecular weight is 391 g/mol. The van der Waals surface area contributed by atoms with Crippen LogP contribution in [-0.2, 0) is 11.3 Å². The minimum Gasteiger partial charge on any atom is -0.489 e. The summed E-state index contributed by atoms with van der Waals surface area (Å²) in [5.41, 5.74) is 2.85. The second-order valence-corrected chi connectivity index (χ2v) is 6.34. The van der Waals surface area contributed by atoms with Gasteiger partial charge in [-0.05, 0) is 41.0 Å². The van der Waals surface area contributed by atoms with Crippen LogP contribution in [0.25, 0.3) is 0 Å². The zero-order valence-electron chi connectivity index (χ0n) is 15.9. The van der Waals surface area contributed by atoms with E-state index in [4.69, 9.17) is 14.6 Å².